The number of carbonyl (C=O) groups is 1. The molecule has 0 bridgehead atoms. The van der Waals surface area contributed by atoms with Crippen LogP contribution in [0.25, 0.3) is 11.1 Å². The van der Waals surface area contributed by atoms with Crippen LogP contribution in [0.2, 0.25) is 0 Å². The zero-order chi connectivity index (χ0) is 15.6. The highest BCUT2D eigenvalue weighted by Gasteiger charge is 2.03. The first kappa shape index (κ1) is 19.2. The van der Waals surface area contributed by atoms with E-state index in [-0.39, 0.29) is 18.3 Å². The zero-order valence-corrected chi connectivity index (χ0v) is 14.4. The van der Waals surface area contributed by atoms with E-state index in [1.165, 1.54) is 11.1 Å². The highest BCUT2D eigenvalue weighted by molar-refractivity contribution is 5.85. The average Bonchev–Trinajstić information content (AvgIpc) is 2.56. The zero-order valence-electron chi connectivity index (χ0n) is 13.5. The SMILES string of the molecule is CCCNCCNC(=O)Cc1ccc(-c2ccccc2)cc1.Cl. The van der Waals surface area contributed by atoms with Crippen LogP contribution in [0, 0.1) is 0 Å². The van der Waals surface area contributed by atoms with Gasteiger partial charge in [0.1, 0.15) is 0 Å². The quantitative estimate of drug-likeness (QED) is 0.727. The van der Waals surface area contributed by atoms with Gasteiger partial charge in [-0.2, -0.15) is 0 Å². The second-order valence-electron chi connectivity index (χ2n) is 5.34. The first-order chi connectivity index (χ1) is 10.8. The maximum atomic E-state index is 11.9. The standard InChI is InChI=1S/C19H24N2O.ClH/c1-2-12-20-13-14-21-19(22)15-16-8-10-18(11-9-16)17-6-4-3-5-7-17;/h3-11,20H,2,12-15H2,1H3,(H,21,22);1H. The molecule has 0 aliphatic rings. The van der Waals surface area contributed by atoms with Crippen molar-refractivity contribution in [2.45, 2.75) is 19.8 Å². The van der Waals surface area contributed by atoms with Crippen LogP contribution in [0.4, 0.5) is 0 Å². The van der Waals surface area contributed by atoms with Crippen LogP contribution in [0.15, 0.2) is 54.6 Å². The number of benzene rings is 2. The van der Waals surface area contributed by atoms with E-state index in [0.29, 0.717) is 13.0 Å². The van der Waals surface area contributed by atoms with Crippen molar-refractivity contribution >= 4 is 18.3 Å². The maximum absolute atomic E-state index is 11.9. The average molecular weight is 333 g/mol. The molecule has 0 spiro atoms. The van der Waals surface area contributed by atoms with Gasteiger partial charge in [-0.05, 0) is 29.7 Å². The Morgan fingerprint density at radius 3 is 2.17 bits per heavy atom. The molecule has 0 radical (unpaired) electrons. The number of carbonyl (C=O) groups excluding carboxylic acids is 1. The fraction of sp³-hybridized carbons (Fsp3) is 0.316. The van der Waals surface area contributed by atoms with Gasteiger partial charge in [0.05, 0.1) is 6.42 Å². The van der Waals surface area contributed by atoms with E-state index in [0.717, 1.165) is 25.1 Å². The molecule has 0 unspecified atom stereocenters. The lowest BCUT2D eigenvalue weighted by Crippen LogP contribution is -2.32. The summed E-state index contributed by atoms with van der Waals surface area (Å²) in [4.78, 5) is 11.9. The summed E-state index contributed by atoms with van der Waals surface area (Å²) in [6.45, 7) is 4.63. The fourth-order valence-electron chi connectivity index (χ4n) is 2.29. The number of hydrogen-bond acceptors (Lipinski definition) is 2. The van der Waals surface area contributed by atoms with Gasteiger partial charge in [0.15, 0.2) is 0 Å². The number of nitrogens with one attached hydrogen (secondary N) is 2. The smallest absolute Gasteiger partial charge is 0.224 e. The number of hydrogen-bond donors (Lipinski definition) is 2. The Balaban J connectivity index is 0.00000264. The Morgan fingerprint density at radius 1 is 0.870 bits per heavy atom. The third-order valence-corrected chi connectivity index (χ3v) is 3.48. The monoisotopic (exact) mass is 332 g/mol. The normalized spacial score (nSPS) is 9.96. The Hall–Kier alpha value is -1.84. The Labute approximate surface area is 144 Å². The molecule has 2 aromatic rings. The molecular weight excluding hydrogens is 308 g/mol. The van der Waals surface area contributed by atoms with Crippen LogP contribution in [0.3, 0.4) is 0 Å². The topological polar surface area (TPSA) is 41.1 Å². The van der Waals surface area contributed by atoms with Gasteiger partial charge in [-0.25, -0.2) is 0 Å². The summed E-state index contributed by atoms with van der Waals surface area (Å²) < 4.78 is 0. The molecule has 0 aliphatic carbocycles. The fourth-order valence-corrected chi connectivity index (χ4v) is 2.29. The summed E-state index contributed by atoms with van der Waals surface area (Å²) in [6, 6.07) is 18.4. The highest BCUT2D eigenvalue weighted by Crippen LogP contribution is 2.19. The first-order valence-corrected chi connectivity index (χ1v) is 7.91. The van der Waals surface area contributed by atoms with E-state index in [4.69, 9.17) is 0 Å². The molecule has 4 heteroatoms. The van der Waals surface area contributed by atoms with Crippen molar-refractivity contribution in [3.63, 3.8) is 0 Å². The molecule has 0 fully saturated rings. The molecule has 0 heterocycles. The van der Waals surface area contributed by atoms with Crippen molar-refractivity contribution in [3.8, 4) is 11.1 Å². The van der Waals surface area contributed by atoms with E-state index >= 15 is 0 Å². The molecule has 0 saturated heterocycles. The molecule has 2 rings (SSSR count). The lowest BCUT2D eigenvalue weighted by atomic mass is 10.0. The van der Waals surface area contributed by atoms with E-state index in [1.807, 2.05) is 30.3 Å². The van der Waals surface area contributed by atoms with Crippen LogP contribution >= 0.6 is 12.4 Å². The molecule has 124 valence electrons. The van der Waals surface area contributed by atoms with Crippen molar-refractivity contribution < 1.29 is 4.79 Å². The maximum Gasteiger partial charge on any atom is 0.224 e. The highest BCUT2D eigenvalue weighted by atomic mass is 35.5. The van der Waals surface area contributed by atoms with E-state index in [1.54, 1.807) is 0 Å². The van der Waals surface area contributed by atoms with Gasteiger partial charge in [-0.1, -0.05) is 61.5 Å². The lowest BCUT2D eigenvalue weighted by Gasteiger charge is -2.07. The van der Waals surface area contributed by atoms with Crippen molar-refractivity contribution in [3.05, 3.63) is 60.2 Å². The molecule has 2 aromatic carbocycles. The van der Waals surface area contributed by atoms with E-state index in [2.05, 4.69) is 41.8 Å². The number of halogens is 1. The third kappa shape index (κ3) is 6.85. The van der Waals surface area contributed by atoms with Gasteiger partial charge >= 0.3 is 0 Å². The van der Waals surface area contributed by atoms with Crippen molar-refractivity contribution in [2.24, 2.45) is 0 Å². The predicted octanol–water partition coefficient (Wildman–Crippen LogP) is 3.43. The van der Waals surface area contributed by atoms with Crippen LogP contribution < -0.4 is 10.6 Å². The molecule has 0 aromatic heterocycles. The largest absolute Gasteiger partial charge is 0.355 e. The molecule has 3 nitrogen and oxygen atoms in total. The number of rotatable bonds is 8. The summed E-state index contributed by atoms with van der Waals surface area (Å²) in [5.41, 5.74) is 3.41. The van der Waals surface area contributed by atoms with Crippen molar-refractivity contribution in [1.29, 1.82) is 0 Å². The van der Waals surface area contributed by atoms with E-state index in [9.17, 15) is 4.79 Å². The van der Waals surface area contributed by atoms with Gasteiger partial charge < -0.3 is 10.6 Å². The second kappa shape index (κ2) is 10.8. The molecule has 23 heavy (non-hydrogen) atoms. The minimum Gasteiger partial charge on any atom is -0.355 e. The lowest BCUT2D eigenvalue weighted by molar-refractivity contribution is -0.120. The molecule has 1 amide bonds. The summed E-state index contributed by atoms with van der Waals surface area (Å²) in [5.74, 6) is 0.0748. The summed E-state index contributed by atoms with van der Waals surface area (Å²) in [5, 5.41) is 6.20. The molecule has 0 aliphatic heterocycles. The minimum absolute atomic E-state index is 0. The summed E-state index contributed by atoms with van der Waals surface area (Å²) in [6.07, 6.45) is 1.55. The van der Waals surface area contributed by atoms with Crippen LogP contribution in [-0.4, -0.2) is 25.5 Å². The first-order valence-electron chi connectivity index (χ1n) is 7.91. The van der Waals surface area contributed by atoms with Crippen molar-refractivity contribution in [2.75, 3.05) is 19.6 Å². The Morgan fingerprint density at radius 2 is 1.52 bits per heavy atom. The molecule has 0 atom stereocenters. The van der Waals surface area contributed by atoms with Gasteiger partial charge in [0.2, 0.25) is 5.91 Å². The predicted molar refractivity (Wildman–Crippen MR) is 99.0 cm³/mol. The number of amides is 1. The van der Waals surface area contributed by atoms with Gasteiger partial charge in [-0.15, -0.1) is 12.4 Å². The Kier molecular flexibility index (Phi) is 9.03. The third-order valence-electron chi connectivity index (χ3n) is 3.48. The van der Waals surface area contributed by atoms with Crippen LogP contribution in [0.1, 0.15) is 18.9 Å². The summed E-state index contributed by atoms with van der Waals surface area (Å²) >= 11 is 0. The molecular formula is C19H25ClN2O. The molecule has 2 N–H and O–H groups in total. The van der Waals surface area contributed by atoms with Gasteiger partial charge in [0, 0.05) is 13.1 Å². The van der Waals surface area contributed by atoms with E-state index < -0.39 is 0 Å². The Bertz CT molecular complexity index is 570. The van der Waals surface area contributed by atoms with Gasteiger partial charge in [-0.3, -0.25) is 4.79 Å². The van der Waals surface area contributed by atoms with Crippen LogP contribution in [-0.2, 0) is 11.2 Å². The molecule has 0 saturated carbocycles. The van der Waals surface area contributed by atoms with Gasteiger partial charge in [0.25, 0.3) is 0 Å². The second-order valence-corrected chi connectivity index (χ2v) is 5.34. The van der Waals surface area contributed by atoms with Crippen LogP contribution in [0.5, 0.6) is 0 Å². The minimum atomic E-state index is 0. The van der Waals surface area contributed by atoms with Crippen molar-refractivity contribution in [1.82, 2.24) is 10.6 Å². The summed E-state index contributed by atoms with van der Waals surface area (Å²) in [7, 11) is 0.